The fraction of sp³-hybridized carbons (Fsp3) is 0.459. The van der Waals surface area contributed by atoms with E-state index in [9.17, 15) is 14.4 Å². The molecule has 0 unspecified atom stereocenters. The number of carbonyl (C=O) groups is 1. The van der Waals surface area contributed by atoms with Crippen molar-refractivity contribution in [3.63, 3.8) is 0 Å². The second-order valence-electron chi connectivity index (χ2n) is 13.3. The lowest BCUT2D eigenvalue weighted by atomic mass is 9.99. The Hall–Kier alpha value is -4.53. The highest BCUT2D eigenvalue weighted by molar-refractivity contribution is 6.01. The molecule has 2 aromatic carbocycles. The summed E-state index contributed by atoms with van der Waals surface area (Å²) in [5.41, 5.74) is 6.36. The van der Waals surface area contributed by atoms with E-state index < -0.39 is 5.82 Å². The van der Waals surface area contributed by atoms with Gasteiger partial charge in [0.15, 0.2) is 5.82 Å². The summed E-state index contributed by atoms with van der Waals surface area (Å²) in [5.74, 6) is 0.840. The normalized spacial score (nSPS) is 17.3. The second-order valence-corrected chi connectivity index (χ2v) is 13.3. The zero-order chi connectivity index (χ0) is 33.4. The molecule has 1 amide bonds. The number of nitrogens with zero attached hydrogens (tertiary/aromatic N) is 8. The number of nitrogens with one attached hydrogen (secondary N) is 1. The Morgan fingerprint density at radius 3 is 2.56 bits per heavy atom. The van der Waals surface area contributed by atoms with Gasteiger partial charge in [0.25, 0.3) is 5.91 Å². The number of piperidine rings is 1. The molecular formula is C37H44FN9O. The molecule has 10 nitrogen and oxygen atoms in total. The molecule has 4 aromatic rings. The van der Waals surface area contributed by atoms with Crippen LogP contribution in [0.25, 0.3) is 10.9 Å². The minimum absolute atomic E-state index is 0.175. The highest BCUT2D eigenvalue weighted by atomic mass is 19.1. The summed E-state index contributed by atoms with van der Waals surface area (Å²) in [5, 5.41) is 14.4. The zero-order valence-electron chi connectivity index (χ0n) is 28.1. The van der Waals surface area contributed by atoms with Crippen molar-refractivity contribution in [2.24, 2.45) is 5.92 Å². The molecule has 5 heterocycles. The van der Waals surface area contributed by atoms with Crippen LogP contribution in [-0.4, -0.2) is 88.6 Å². The quantitative estimate of drug-likeness (QED) is 0.269. The van der Waals surface area contributed by atoms with Crippen molar-refractivity contribution in [2.45, 2.75) is 52.7 Å². The highest BCUT2D eigenvalue weighted by Gasteiger charge is 2.34. The van der Waals surface area contributed by atoms with E-state index in [-0.39, 0.29) is 5.91 Å². The van der Waals surface area contributed by atoms with Crippen LogP contribution in [0.4, 0.5) is 21.6 Å². The average molecular weight is 650 g/mol. The Morgan fingerprint density at radius 1 is 1.06 bits per heavy atom. The van der Waals surface area contributed by atoms with Gasteiger partial charge in [0.05, 0.1) is 17.4 Å². The van der Waals surface area contributed by atoms with Gasteiger partial charge < -0.3 is 24.6 Å². The molecule has 3 aliphatic rings. The zero-order valence-corrected chi connectivity index (χ0v) is 28.1. The topological polar surface area (TPSA) is 96.6 Å². The fourth-order valence-corrected chi connectivity index (χ4v) is 7.71. The van der Waals surface area contributed by atoms with E-state index >= 15 is 0 Å². The van der Waals surface area contributed by atoms with Gasteiger partial charge >= 0.3 is 0 Å². The van der Waals surface area contributed by atoms with E-state index in [4.69, 9.17) is 4.98 Å². The van der Waals surface area contributed by atoms with Crippen molar-refractivity contribution < 1.29 is 9.18 Å². The van der Waals surface area contributed by atoms with Gasteiger partial charge in [-0.05, 0) is 75.1 Å². The molecule has 2 saturated heterocycles. The molecule has 0 radical (unpaired) electrons. The van der Waals surface area contributed by atoms with Gasteiger partial charge in [-0.25, -0.2) is 14.4 Å². The summed E-state index contributed by atoms with van der Waals surface area (Å²) >= 11 is 0. The van der Waals surface area contributed by atoms with Crippen LogP contribution in [0.2, 0.25) is 0 Å². The maximum Gasteiger partial charge on any atom is 0.256 e. The number of carbonyl (C=O) groups excluding carboxylic acids is 1. The Kier molecular flexibility index (Phi) is 9.03. The van der Waals surface area contributed by atoms with E-state index in [1.165, 1.54) is 28.6 Å². The molecule has 48 heavy (non-hydrogen) atoms. The number of hydrogen-bond acceptors (Lipinski definition) is 8. The lowest BCUT2D eigenvalue weighted by Crippen LogP contribution is -2.50. The molecular weight excluding hydrogens is 605 g/mol. The molecule has 3 aliphatic heterocycles. The summed E-state index contributed by atoms with van der Waals surface area (Å²) in [7, 11) is 0. The van der Waals surface area contributed by atoms with Gasteiger partial charge in [-0.1, -0.05) is 6.07 Å². The van der Waals surface area contributed by atoms with Crippen LogP contribution < -0.4 is 15.1 Å². The minimum atomic E-state index is -0.425. The Bertz CT molecular complexity index is 1850. The molecule has 2 fully saturated rings. The number of likely N-dealkylation sites (tertiary alicyclic amines) is 1. The number of rotatable bonds is 9. The van der Waals surface area contributed by atoms with Crippen molar-refractivity contribution in [2.75, 3.05) is 62.2 Å². The van der Waals surface area contributed by atoms with Gasteiger partial charge in [0.2, 0.25) is 0 Å². The van der Waals surface area contributed by atoms with Crippen LogP contribution in [0, 0.1) is 30.0 Å². The second kappa shape index (κ2) is 13.5. The van der Waals surface area contributed by atoms with E-state index in [1.54, 1.807) is 17.3 Å². The fourth-order valence-electron chi connectivity index (χ4n) is 7.71. The maximum absolute atomic E-state index is 14.5. The molecule has 250 valence electrons. The predicted octanol–water partition coefficient (Wildman–Crippen LogP) is 5.07. The van der Waals surface area contributed by atoms with Crippen molar-refractivity contribution in [1.82, 2.24) is 29.7 Å². The maximum atomic E-state index is 14.5. The number of benzene rings is 2. The lowest BCUT2D eigenvalue weighted by Gasteiger charge is -2.44. The molecule has 11 heteroatoms. The highest BCUT2D eigenvalue weighted by Crippen LogP contribution is 2.40. The molecule has 0 bridgehead atoms. The third-order valence-corrected chi connectivity index (χ3v) is 10.6. The largest absolute Gasteiger partial charge is 0.350 e. The van der Waals surface area contributed by atoms with Crippen molar-refractivity contribution >= 4 is 34.0 Å². The summed E-state index contributed by atoms with van der Waals surface area (Å²) in [6, 6.07) is 13.8. The van der Waals surface area contributed by atoms with Gasteiger partial charge in [-0.2, -0.15) is 5.26 Å². The Morgan fingerprint density at radius 2 is 1.85 bits per heavy atom. The number of amides is 1. The Balaban J connectivity index is 1.06. The molecule has 0 aliphatic carbocycles. The third-order valence-electron chi connectivity index (χ3n) is 10.6. The number of hydrogen-bond donors (Lipinski definition) is 1. The molecule has 2 aromatic heterocycles. The lowest BCUT2D eigenvalue weighted by molar-refractivity contribution is 0.0773. The summed E-state index contributed by atoms with van der Waals surface area (Å²) in [4.78, 5) is 31.3. The molecule has 0 spiro atoms. The predicted molar refractivity (Wildman–Crippen MR) is 186 cm³/mol. The van der Waals surface area contributed by atoms with E-state index in [0.717, 1.165) is 81.4 Å². The summed E-state index contributed by atoms with van der Waals surface area (Å²) in [6.07, 6.45) is 5.42. The van der Waals surface area contributed by atoms with Crippen molar-refractivity contribution in [1.29, 1.82) is 5.26 Å². The van der Waals surface area contributed by atoms with E-state index in [1.807, 2.05) is 20.0 Å². The SMILES string of the molecule is CCN(CC)C(=O)c1cc(F)ccc1N1CCN(C2CCN(Cc3ccc4c(cc(C#N)n4CC4CNC4)c3C)CC2)c2ncncc21. The van der Waals surface area contributed by atoms with E-state index in [2.05, 4.69) is 60.8 Å². The first-order valence-electron chi connectivity index (χ1n) is 17.3. The van der Waals surface area contributed by atoms with Gasteiger partial charge in [0.1, 0.15) is 29.6 Å². The monoisotopic (exact) mass is 649 g/mol. The van der Waals surface area contributed by atoms with Crippen LogP contribution in [0.5, 0.6) is 0 Å². The smallest absolute Gasteiger partial charge is 0.256 e. The average Bonchev–Trinajstić information content (AvgIpc) is 3.46. The van der Waals surface area contributed by atoms with Crippen LogP contribution in [0.3, 0.4) is 0 Å². The van der Waals surface area contributed by atoms with Crippen LogP contribution in [-0.2, 0) is 13.1 Å². The molecule has 0 saturated carbocycles. The number of aromatic nitrogens is 3. The van der Waals surface area contributed by atoms with Crippen LogP contribution >= 0.6 is 0 Å². The van der Waals surface area contributed by atoms with Crippen molar-refractivity contribution in [3.05, 3.63) is 77.1 Å². The molecule has 0 atom stereocenters. The van der Waals surface area contributed by atoms with Gasteiger partial charge in [-0.15, -0.1) is 0 Å². The number of fused-ring (bicyclic) bond motifs is 2. The van der Waals surface area contributed by atoms with Gasteiger partial charge in [0, 0.05) is 88.3 Å². The first-order chi connectivity index (χ1) is 23.4. The Labute approximate surface area is 281 Å². The van der Waals surface area contributed by atoms with Gasteiger partial charge in [-0.3, -0.25) is 9.69 Å². The van der Waals surface area contributed by atoms with Crippen LogP contribution in [0.1, 0.15) is 53.9 Å². The number of halogens is 1. The molecule has 7 rings (SSSR count). The standard InChI is InChI=1S/C37H44FN9O/c1-4-44(5-2)37(48)32-16-28(38)7-9-34(32)46-15-14-45(36-35(46)21-41-24-42-36)29-10-12-43(13-11-29)23-27-6-8-33-31(25(27)3)17-30(18-39)47(33)22-26-19-40-20-26/h6-9,16-17,21,24,26,29,40H,4-5,10-15,19-20,22-23H2,1-3H3. The number of anilines is 3. The number of nitriles is 1. The van der Waals surface area contributed by atoms with E-state index in [0.29, 0.717) is 42.8 Å². The first kappa shape index (κ1) is 32.0. The third kappa shape index (κ3) is 5.88. The molecule has 1 N–H and O–H groups in total. The van der Waals surface area contributed by atoms with Crippen LogP contribution in [0.15, 0.2) is 48.9 Å². The first-order valence-corrected chi connectivity index (χ1v) is 17.3. The van der Waals surface area contributed by atoms with Crippen molar-refractivity contribution in [3.8, 4) is 6.07 Å². The summed E-state index contributed by atoms with van der Waals surface area (Å²) in [6.45, 7) is 14.3. The minimum Gasteiger partial charge on any atom is -0.350 e. The number of aryl methyl sites for hydroxylation is 1. The summed E-state index contributed by atoms with van der Waals surface area (Å²) < 4.78 is 16.7.